The first-order chi connectivity index (χ1) is 11.9. The Morgan fingerprint density at radius 2 is 1.80 bits per heavy atom. The molecule has 1 amide bonds. The summed E-state index contributed by atoms with van der Waals surface area (Å²) in [6.45, 7) is 1.40. The molecular formula is C15H14N6O3S. The van der Waals surface area contributed by atoms with Gasteiger partial charge in [0.05, 0.1) is 10.6 Å². The van der Waals surface area contributed by atoms with Crippen LogP contribution < -0.4 is 10.0 Å². The molecule has 0 spiro atoms. The highest BCUT2D eigenvalue weighted by Crippen LogP contribution is 2.20. The van der Waals surface area contributed by atoms with Gasteiger partial charge in [-0.3, -0.25) is 9.52 Å². The van der Waals surface area contributed by atoms with Crippen molar-refractivity contribution < 1.29 is 13.2 Å². The van der Waals surface area contributed by atoms with Crippen LogP contribution in [0.5, 0.6) is 0 Å². The molecule has 0 radical (unpaired) electrons. The molecule has 0 atom stereocenters. The third-order valence-electron chi connectivity index (χ3n) is 3.20. The SMILES string of the molecule is CC(=O)Nc1ccc(NS(=O)(=O)c2cccc(-n3cnnn3)c2)cc1. The number of aromatic nitrogens is 4. The van der Waals surface area contributed by atoms with Crippen molar-refractivity contribution in [3.05, 3.63) is 54.9 Å². The molecule has 0 aliphatic heterocycles. The van der Waals surface area contributed by atoms with Gasteiger partial charge in [-0.25, -0.2) is 13.1 Å². The fourth-order valence-electron chi connectivity index (χ4n) is 2.11. The minimum Gasteiger partial charge on any atom is -0.326 e. The molecule has 0 fully saturated rings. The lowest BCUT2D eigenvalue weighted by Crippen LogP contribution is -2.13. The molecule has 2 N–H and O–H groups in total. The van der Waals surface area contributed by atoms with Crippen molar-refractivity contribution in [2.45, 2.75) is 11.8 Å². The van der Waals surface area contributed by atoms with Gasteiger partial charge in [-0.05, 0) is 52.9 Å². The van der Waals surface area contributed by atoms with Crippen LogP contribution in [0.15, 0.2) is 59.8 Å². The van der Waals surface area contributed by atoms with Gasteiger partial charge in [-0.1, -0.05) is 6.07 Å². The number of nitrogens with one attached hydrogen (secondary N) is 2. The minimum atomic E-state index is -3.78. The van der Waals surface area contributed by atoms with Gasteiger partial charge in [-0.2, -0.15) is 0 Å². The Hall–Kier alpha value is -3.27. The second-order valence-corrected chi connectivity index (χ2v) is 6.80. The second-order valence-electron chi connectivity index (χ2n) is 5.12. The zero-order chi connectivity index (χ0) is 17.9. The van der Waals surface area contributed by atoms with E-state index in [0.29, 0.717) is 17.1 Å². The number of tetrazole rings is 1. The predicted octanol–water partition coefficient (Wildman–Crippen LogP) is 1.42. The van der Waals surface area contributed by atoms with Crippen molar-refractivity contribution in [1.82, 2.24) is 20.2 Å². The smallest absolute Gasteiger partial charge is 0.261 e. The third kappa shape index (κ3) is 3.98. The maximum Gasteiger partial charge on any atom is 0.261 e. The van der Waals surface area contributed by atoms with E-state index in [1.807, 2.05) is 0 Å². The average Bonchev–Trinajstić information content (AvgIpc) is 3.11. The third-order valence-corrected chi connectivity index (χ3v) is 4.58. The number of hydrogen-bond acceptors (Lipinski definition) is 6. The van der Waals surface area contributed by atoms with E-state index in [1.54, 1.807) is 36.4 Å². The van der Waals surface area contributed by atoms with Gasteiger partial charge in [0.1, 0.15) is 6.33 Å². The quantitative estimate of drug-likeness (QED) is 0.712. The van der Waals surface area contributed by atoms with Gasteiger partial charge in [0.2, 0.25) is 5.91 Å². The van der Waals surface area contributed by atoms with E-state index < -0.39 is 10.0 Å². The second kappa shape index (κ2) is 6.69. The molecule has 10 heteroatoms. The average molecular weight is 358 g/mol. The fourth-order valence-corrected chi connectivity index (χ4v) is 3.21. The van der Waals surface area contributed by atoms with Crippen molar-refractivity contribution in [1.29, 1.82) is 0 Å². The Kier molecular flexibility index (Phi) is 4.44. The first-order valence-corrected chi connectivity index (χ1v) is 8.66. The molecule has 0 aliphatic rings. The molecular weight excluding hydrogens is 344 g/mol. The summed E-state index contributed by atoms with van der Waals surface area (Å²) in [6.07, 6.45) is 1.37. The molecule has 128 valence electrons. The Bertz CT molecular complexity index is 984. The number of carbonyl (C=O) groups excluding carboxylic acids is 1. The highest BCUT2D eigenvalue weighted by Gasteiger charge is 2.15. The van der Waals surface area contributed by atoms with Crippen molar-refractivity contribution in [2.75, 3.05) is 10.0 Å². The van der Waals surface area contributed by atoms with Crippen LogP contribution in [0.3, 0.4) is 0 Å². The van der Waals surface area contributed by atoms with Gasteiger partial charge in [0.15, 0.2) is 0 Å². The Morgan fingerprint density at radius 1 is 1.08 bits per heavy atom. The van der Waals surface area contributed by atoms with Crippen LogP contribution >= 0.6 is 0 Å². The van der Waals surface area contributed by atoms with E-state index in [2.05, 4.69) is 25.6 Å². The normalized spacial score (nSPS) is 11.1. The number of nitrogens with zero attached hydrogens (tertiary/aromatic N) is 4. The van der Waals surface area contributed by atoms with Crippen LogP contribution in [0.1, 0.15) is 6.92 Å². The molecule has 0 bridgehead atoms. The topological polar surface area (TPSA) is 119 Å². The number of anilines is 2. The summed E-state index contributed by atoms with van der Waals surface area (Å²) in [5.74, 6) is -0.201. The molecule has 0 aliphatic carbocycles. The van der Waals surface area contributed by atoms with Crippen LogP contribution in [-0.4, -0.2) is 34.5 Å². The molecule has 9 nitrogen and oxygen atoms in total. The van der Waals surface area contributed by atoms with Crippen LogP contribution in [-0.2, 0) is 14.8 Å². The fraction of sp³-hybridized carbons (Fsp3) is 0.0667. The lowest BCUT2D eigenvalue weighted by Gasteiger charge is -2.10. The van der Waals surface area contributed by atoms with E-state index in [-0.39, 0.29) is 10.8 Å². The lowest BCUT2D eigenvalue weighted by molar-refractivity contribution is -0.114. The standard InChI is InChI=1S/C15H14N6O3S/c1-11(22)17-12-5-7-13(8-6-12)18-25(23,24)15-4-2-3-14(9-15)21-10-16-19-20-21/h2-10,18H,1H3,(H,17,22). The Labute approximate surface area is 143 Å². The maximum absolute atomic E-state index is 12.5. The van der Waals surface area contributed by atoms with Gasteiger partial charge in [0, 0.05) is 18.3 Å². The first-order valence-electron chi connectivity index (χ1n) is 7.18. The number of carbonyl (C=O) groups is 1. The number of hydrogen-bond donors (Lipinski definition) is 2. The lowest BCUT2D eigenvalue weighted by atomic mass is 10.3. The highest BCUT2D eigenvalue weighted by atomic mass is 32.2. The molecule has 25 heavy (non-hydrogen) atoms. The van der Waals surface area contributed by atoms with Gasteiger partial charge in [-0.15, -0.1) is 5.10 Å². The Morgan fingerprint density at radius 3 is 2.44 bits per heavy atom. The summed E-state index contributed by atoms with van der Waals surface area (Å²) in [6, 6.07) is 12.6. The van der Waals surface area contributed by atoms with Gasteiger partial charge < -0.3 is 5.32 Å². The molecule has 1 aromatic heterocycles. The first kappa shape index (κ1) is 16.6. The van der Waals surface area contributed by atoms with E-state index in [1.165, 1.54) is 30.1 Å². The van der Waals surface area contributed by atoms with E-state index >= 15 is 0 Å². The molecule has 1 heterocycles. The minimum absolute atomic E-state index is 0.0754. The molecule has 0 saturated heterocycles. The van der Waals surface area contributed by atoms with Crippen molar-refractivity contribution in [3.8, 4) is 5.69 Å². The van der Waals surface area contributed by atoms with E-state index in [4.69, 9.17) is 0 Å². The molecule has 3 aromatic rings. The largest absolute Gasteiger partial charge is 0.326 e. The summed E-state index contributed by atoms with van der Waals surface area (Å²) < 4.78 is 28.9. The van der Waals surface area contributed by atoms with Crippen LogP contribution in [0, 0.1) is 0 Å². The van der Waals surface area contributed by atoms with Crippen molar-refractivity contribution >= 4 is 27.3 Å². The molecule has 3 rings (SSSR count). The maximum atomic E-state index is 12.5. The molecule has 0 saturated carbocycles. The summed E-state index contributed by atoms with van der Waals surface area (Å²) in [4.78, 5) is 11.1. The molecule has 2 aromatic carbocycles. The highest BCUT2D eigenvalue weighted by molar-refractivity contribution is 7.92. The molecule has 0 unspecified atom stereocenters. The summed E-state index contributed by atoms with van der Waals surface area (Å²) >= 11 is 0. The van der Waals surface area contributed by atoms with Crippen LogP contribution in [0.25, 0.3) is 5.69 Å². The van der Waals surface area contributed by atoms with Crippen molar-refractivity contribution in [3.63, 3.8) is 0 Å². The monoisotopic (exact) mass is 358 g/mol. The number of rotatable bonds is 5. The Balaban J connectivity index is 1.82. The predicted molar refractivity (Wildman–Crippen MR) is 90.7 cm³/mol. The van der Waals surface area contributed by atoms with Crippen molar-refractivity contribution in [2.24, 2.45) is 0 Å². The number of sulfonamides is 1. The summed E-state index contributed by atoms with van der Waals surface area (Å²) in [5, 5.41) is 13.4. The summed E-state index contributed by atoms with van der Waals surface area (Å²) in [5.41, 5.74) is 1.48. The van der Waals surface area contributed by atoms with Gasteiger partial charge >= 0.3 is 0 Å². The number of benzene rings is 2. The summed E-state index contributed by atoms with van der Waals surface area (Å²) in [7, 11) is -3.78. The van der Waals surface area contributed by atoms with E-state index in [9.17, 15) is 13.2 Å². The zero-order valence-electron chi connectivity index (χ0n) is 13.1. The van der Waals surface area contributed by atoms with Crippen LogP contribution in [0.4, 0.5) is 11.4 Å². The van der Waals surface area contributed by atoms with Crippen LogP contribution in [0.2, 0.25) is 0 Å². The van der Waals surface area contributed by atoms with Gasteiger partial charge in [0.25, 0.3) is 10.0 Å². The number of amides is 1. The zero-order valence-corrected chi connectivity index (χ0v) is 13.9. The van der Waals surface area contributed by atoms with E-state index in [0.717, 1.165) is 0 Å².